The average Bonchev–Trinajstić information content (AvgIpc) is 2.60. The van der Waals surface area contributed by atoms with Crippen molar-refractivity contribution in [2.45, 2.75) is 12.4 Å². The molecule has 3 aromatic rings. The van der Waals surface area contributed by atoms with E-state index >= 15 is 0 Å². The van der Waals surface area contributed by atoms with E-state index in [0.717, 1.165) is 18.3 Å². The van der Waals surface area contributed by atoms with E-state index in [1.165, 1.54) is 42.5 Å². The van der Waals surface area contributed by atoms with Gasteiger partial charge < -0.3 is 0 Å². The maximum Gasteiger partial charge on any atom is 0.417 e. The minimum absolute atomic E-state index is 0.0566. The molecule has 0 saturated carbocycles. The molecule has 0 aliphatic carbocycles. The van der Waals surface area contributed by atoms with Crippen molar-refractivity contribution in [3.8, 4) is 22.4 Å². The molecule has 0 aliphatic heterocycles. The fraction of sp³-hybridized carbons (Fsp3) is 0.105. The molecule has 2 aromatic carbocycles. The number of halogens is 7. The van der Waals surface area contributed by atoms with E-state index in [2.05, 4.69) is 4.98 Å². The number of alkyl halides is 6. The quantitative estimate of drug-likeness (QED) is 0.417. The standard InChI is InChI=1S/C19H10ClF6N/c20-16-9-11(12-5-1-3-7-14(12)18(21,22)23)10-27-17(16)13-6-2-4-8-15(13)19(24,25)26/h1-10H. The molecule has 27 heavy (non-hydrogen) atoms. The molecule has 1 nitrogen and oxygen atoms in total. The second-order valence-corrected chi connectivity index (χ2v) is 6.05. The summed E-state index contributed by atoms with van der Waals surface area (Å²) >= 11 is 6.09. The second kappa shape index (κ2) is 6.88. The lowest BCUT2D eigenvalue weighted by atomic mass is 9.99. The highest BCUT2D eigenvalue weighted by Crippen LogP contribution is 2.41. The molecule has 0 bridgehead atoms. The molecular weight excluding hydrogens is 392 g/mol. The van der Waals surface area contributed by atoms with Crippen LogP contribution in [-0.2, 0) is 12.4 Å². The molecule has 140 valence electrons. The van der Waals surface area contributed by atoms with Crippen molar-refractivity contribution in [1.82, 2.24) is 4.98 Å². The summed E-state index contributed by atoms with van der Waals surface area (Å²) in [4.78, 5) is 3.92. The van der Waals surface area contributed by atoms with E-state index in [4.69, 9.17) is 11.6 Å². The largest absolute Gasteiger partial charge is 0.417 e. The van der Waals surface area contributed by atoms with Crippen molar-refractivity contribution in [3.63, 3.8) is 0 Å². The van der Waals surface area contributed by atoms with Crippen LogP contribution in [0, 0.1) is 0 Å². The minimum Gasteiger partial charge on any atom is -0.254 e. The van der Waals surface area contributed by atoms with Crippen LogP contribution in [0.5, 0.6) is 0 Å². The van der Waals surface area contributed by atoms with Gasteiger partial charge in [0.05, 0.1) is 21.8 Å². The zero-order valence-corrected chi connectivity index (χ0v) is 14.1. The molecule has 3 rings (SSSR count). The predicted molar refractivity (Wildman–Crippen MR) is 90.1 cm³/mol. The molecule has 0 atom stereocenters. The van der Waals surface area contributed by atoms with Gasteiger partial charge in [-0.15, -0.1) is 0 Å². The zero-order chi connectivity index (χ0) is 19.8. The molecule has 0 aliphatic rings. The van der Waals surface area contributed by atoms with E-state index in [-0.39, 0.29) is 27.4 Å². The van der Waals surface area contributed by atoms with Gasteiger partial charge in [0, 0.05) is 17.3 Å². The lowest BCUT2D eigenvalue weighted by molar-refractivity contribution is -0.137. The van der Waals surface area contributed by atoms with Crippen LogP contribution in [0.2, 0.25) is 5.02 Å². The lowest BCUT2D eigenvalue weighted by Crippen LogP contribution is -2.08. The third-order valence-corrected chi connectivity index (χ3v) is 4.16. The molecule has 0 radical (unpaired) electrons. The van der Waals surface area contributed by atoms with Gasteiger partial charge >= 0.3 is 12.4 Å². The molecule has 0 amide bonds. The van der Waals surface area contributed by atoms with Gasteiger partial charge in [0.25, 0.3) is 0 Å². The third-order valence-electron chi connectivity index (χ3n) is 3.87. The molecule has 0 saturated heterocycles. The van der Waals surface area contributed by atoms with Gasteiger partial charge in [-0.1, -0.05) is 48.0 Å². The maximum absolute atomic E-state index is 13.2. The molecular formula is C19H10ClF6N. The zero-order valence-electron chi connectivity index (χ0n) is 13.4. The van der Waals surface area contributed by atoms with Crippen molar-refractivity contribution >= 4 is 11.6 Å². The summed E-state index contributed by atoms with van der Waals surface area (Å²) in [5.41, 5.74) is -2.31. The highest BCUT2D eigenvalue weighted by molar-refractivity contribution is 6.33. The normalized spacial score (nSPS) is 12.3. The fourth-order valence-electron chi connectivity index (χ4n) is 2.70. The predicted octanol–water partition coefficient (Wildman–Crippen LogP) is 7.11. The third kappa shape index (κ3) is 3.93. The Morgan fingerprint density at radius 3 is 1.70 bits per heavy atom. The number of hydrogen-bond acceptors (Lipinski definition) is 1. The Morgan fingerprint density at radius 2 is 1.19 bits per heavy atom. The molecule has 0 fully saturated rings. The van der Waals surface area contributed by atoms with Crippen LogP contribution in [-0.4, -0.2) is 4.98 Å². The summed E-state index contributed by atoms with van der Waals surface area (Å²) in [7, 11) is 0. The van der Waals surface area contributed by atoms with Crippen molar-refractivity contribution < 1.29 is 26.3 Å². The summed E-state index contributed by atoms with van der Waals surface area (Å²) in [6, 6.07) is 10.7. The van der Waals surface area contributed by atoms with Crippen molar-refractivity contribution in [2.75, 3.05) is 0 Å². The molecule has 1 heterocycles. The Kier molecular flexibility index (Phi) is 4.90. The van der Waals surface area contributed by atoms with Crippen molar-refractivity contribution in [1.29, 1.82) is 0 Å². The van der Waals surface area contributed by atoms with Gasteiger partial charge in [0.1, 0.15) is 0 Å². The van der Waals surface area contributed by atoms with Crippen LogP contribution in [0.1, 0.15) is 11.1 Å². The number of aromatic nitrogens is 1. The van der Waals surface area contributed by atoms with Crippen LogP contribution >= 0.6 is 11.6 Å². The monoisotopic (exact) mass is 401 g/mol. The second-order valence-electron chi connectivity index (χ2n) is 5.64. The Morgan fingerprint density at radius 1 is 0.704 bits per heavy atom. The van der Waals surface area contributed by atoms with E-state index < -0.39 is 23.5 Å². The smallest absolute Gasteiger partial charge is 0.254 e. The maximum atomic E-state index is 13.2. The molecule has 0 N–H and O–H groups in total. The molecule has 8 heteroatoms. The highest BCUT2D eigenvalue weighted by atomic mass is 35.5. The Hall–Kier alpha value is -2.54. The number of nitrogens with zero attached hydrogens (tertiary/aromatic N) is 1. The highest BCUT2D eigenvalue weighted by Gasteiger charge is 2.35. The van der Waals surface area contributed by atoms with Crippen molar-refractivity contribution in [3.05, 3.63) is 76.9 Å². The molecule has 1 aromatic heterocycles. The van der Waals surface area contributed by atoms with E-state index in [1.807, 2.05) is 0 Å². The summed E-state index contributed by atoms with van der Waals surface area (Å²) in [5, 5.41) is -0.179. The first-order valence-corrected chi connectivity index (χ1v) is 7.95. The van der Waals surface area contributed by atoms with Gasteiger partial charge in [-0.05, 0) is 23.8 Å². The van der Waals surface area contributed by atoms with Gasteiger partial charge in [-0.25, -0.2) is 0 Å². The minimum atomic E-state index is -4.62. The van der Waals surface area contributed by atoms with Gasteiger partial charge in [-0.2, -0.15) is 26.3 Å². The van der Waals surface area contributed by atoms with Crippen LogP contribution in [0.3, 0.4) is 0 Å². The first-order chi connectivity index (χ1) is 12.6. The van der Waals surface area contributed by atoms with Crippen LogP contribution < -0.4 is 0 Å². The Labute approximate surface area is 155 Å². The first kappa shape index (κ1) is 19.2. The van der Waals surface area contributed by atoms with Gasteiger partial charge in [0.15, 0.2) is 0 Å². The Balaban J connectivity index is 2.13. The first-order valence-electron chi connectivity index (χ1n) is 7.58. The average molecular weight is 402 g/mol. The number of benzene rings is 2. The summed E-state index contributed by atoms with van der Waals surface area (Å²) in [6.45, 7) is 0. The molecule has 0 spiro atoms. The van der Waals surface area contributed by atoms with E-state index in [9.17, 15) is 26.3 Å². The number of hydrogen-bond donors (Lipinski definition) is 0. The fourth-order valence-corrected chi connectivity index (χ4v) is 2.97. The van der Waals surface area contributed by atoms with Gasteiger partial charge in [0.2, 0.25) is 0 Å². The van der Waals surface area contributed by atoms with Crippen LogP contribution in [0.25, 0.3) is 22.4 Å². The summed E-state index contributed by atoms with van der Waals surface area (Å²) in [5.74, 6) is 0. The van der Waals surface area contributed by atoms with Crippen molar-refractivity contribution in [2.24, 2.45) is 0 Å². The van der Waals surface area contributed by atoms with E-state index in [1.54, 1.807) is 0 Å². The van der Waals surface area contributed by atoms with Crippen LogP contribution in [0.4, 0.5) is 26.3 Å². The Bertz CT molecular complexity index is 978. The summed E-state index contributed by atoms with van der Waals surface area (Å²) < 4.78 is 79.1. The van der Waals surface area contributed by atoms with Gasteiger partial charge in [-0.3, -0.25) is 4.98 Å². The number of pyridine rings is 1. The molecule has 0 unspecified atom stereocenters. The van der Waals surface area contributed by atoms with E-state index in [0.29, 0.717) is 0 Å². The number of rotatable bonds is 2. The SMILES string of the molecule is FC(F)(F)c1ccccc1-c1cnc(-c2ccccc2C(F)(F)F)c(Cl)c1. The lowest BCUT2D eigenvalue weighted by Gasteiger charge is -2.15. The summed E-state index contributed by atoms with van der Waals surface area (Å²) in [6.07, 6.45) is -8.13. The van der Waals surface area contributed by atoms with Crippen LogP contribution in [0.15, 0.2) is 60.8 Å². The topological polar surface area (TPSA) is 12.9 Å².